The van der Waals surface area contributed by atoms with Crippen LogP contribution >= 0.6 is 11.3 Å². The second kappa shape index (κ2) is 4.31. The van der Waals surface area contributed by atoms with Gasteiger partial charge in [0.2, 0.25) is 0 Å². The van der Waals surface area contributed by atoms with Crippen LogP contribution in [-0.4, -0.2) is 19.1 Å². The van der Waals surface area contributed by atoms with Crippen LogP contribution < -0.4 is 10.6 Å². The zero-order valence-electron chi connectivity index (χ0n) is 10.1. The number of anilines is 1. The summed E-state index contributed by atoms with van der Waals surface area (Å²) in [5.41, 5.74) is 7.53. The summed E-state index contributed by atoms with van der Waals surface area (Å²) in [6, 6.07) is 9.45. The molecule has 3 heteroatoms. The average Bonchev–Trinajstić information content (AvgIpc) is 2.94. The molecule has 2 nitrogen and oxygen atoms in total. The fourth-order valence-electron chi connectivity index (χ4n) is 2.87. The van der Waals surface area contributed by atoms with Gasteiger partial charge in [-0.1, -0.05) is 18.2 Å². The molecule has 17 heavy (non-hydrogen) atoms. The van der Waals surface area contributed by atoms with Gasteiger partial charge in [-0.05, 0) is 25.3 Å². The van der Waals surface area contributed by atoms with E-state index in [1.807, 2.05) is 11.3 Å². The number of likely N-dealkylation sites (N-methyl/N-ethyl adjacent to an activating group) is 1. The van der Waals surface area contributed by atoms with Crippen LogP contribution in [0.3, 0.4) is 0 Å². The van der Waals surface area contributed by atoms with Crippen LogP contribution in [0.15, 0.2) is 29.6 Å². The number of benzene rings is 1. The van der Waals surface area contributed by atoms with Crippen LogP contribution in [0, 0.1) is 0 Å². The maximum absolute atomic E-state index is 6.19. The van der Waals surface area contributed by atoms with E-state index in [9.17, 15) is 0 Å². The van der Waals surface area contributed by atoms with E-state index in [-0.39, 0.29) is 0 Å². The third-order valence-electron chi connectivity index (χ3n) is 3.87. The maximum atomic E-state index is 6.19. The van der Waals surface area contributed by atoms with E-state index in [1.54, 1.807) is 0 Å². The SMILES string of the molecule is CN(c1csc2ccccc12)C1CCCC1N. The second-order valence-corrected chi connectivity index (χ2v) is 5.80. The molecule has 0 bridgehead atoms. The van der Waals surface area contributed by atoms with E-state index in [0.717, 1.165) is 6.42 Å². The molecule has 1 aromatic heterocycles. The molecule has 1 aliphatic rings. The Kier molecular flexibility index (Phi) is 2.81. The summed E-state index contributed by atoms with van der Waals surface area (Å²) in [6.45, 7) is 0. The van der Waals surface area contributed by atoms with Crippen molar-refractivity contribution in [2.45, 2.75) is 31.3 Å². The summed E-state index contributed by atoms with van der Waals surface area (Å²) >= 11 is 1.82. The predicted molar refractivity (Wildman–Crippen MR) is 75.8 cm³/mol. The zero-order chi connectivity index (χ0) is 11.8. The lowest BCUT2D eigenvalue weighted by Crippen LogP contribution is -2.42. The highest BCUT2D eigenvalue weighted by atomic mass is 32.1. The van der Waals surface area contributed by atoms with E-state index in [1.165, 1.54) is 28.6 Å². The molecule has 1 heterocycles. The largest absolute Gasteiger partial charge is 0.369 e. The van der Waals surface area contributed by atoms with Gasteiger partial charge in [-0.3, -0.25) is 0 Å². The molecule has 1 saturated carbocycles. The Balaban J connectivity index is 1.98. The highest BCUT2D eigenvalue weighted by Gasteiger charge is 2.28. The van der Waals surface area contributed by atoms with Crippen molar-refractivity contribution in [2.24, 2.45) is 5.73 Å². The lowest BCUT2D eigenvalue weighted by atomic mass is 10.1. The molecule has 90 valence electrons. The molecular weight excluding hydrogens is 228 g/mol. The number of nitrogens with two attached hydrogens (primary N) is 1. The van der Waals surface area contributed by atoms with Gasteiger partial charge >= 0.3 is 0 Å². The van der Waals surface area contributed by atoms with Gasteiger partial charge in [0.1, 0.15) is 0 Å². The van der Waals surface area contributed by atoms with Crippen molar-refractivity contribution < 1.29 is 0 Å². The van der Waals surface area contributed by atoms with Crippen LogP contribution in [0.2, 0.25) is 0 Å². The molecule has 3 rings (SSSR count). The third kappa shape index (κ3) is 1.83. The van der Waals surface area contributed by atoms with E-state index in [0.29, 0.717) is 12.1 Å². The van der Waals surface area contributed by atoms with Gasteiger partial charge in [0.05, 0.1) is 5.69 Å². The summed E-state index contributed by atoms with van der Waals surface area (Å²) in [6.07, 6.45) is 3.65. The number of hydrogen-bond acceptors (Lipinski definition) is 3. The van der Waals surface area contributed by atoms with Crippen molar-refractivity contribution in [3.8, 4) is 0 Å². The van der Waals surface area contributed by atoms with Crippen molar-refractivity contribution in [1.82, 2.24) is 0 Å². The summed E-state index contributed by atoms with van der Waals surface area (Å²) in [5, 5.41) is 3.62. The quantitative estimate of drug-likeness (QED) is 0.881. The standard InChI is InChI=1S/C14H18N2S/c1-16(12-7-4-6-11(12)15)13-9-17-14-8-3-2-5-10(13)14/h2-3,5,8-9,11-12H,4,6-7,15H2,1H3. The fourth-order valence-corrected chi connectivity index (χ4v) is 3.85. The summed E-state index contributed by atoms with van der Waals surface area (Å²) in [5.74, 6) is 0. The van der Waals surface area contributed by atoms with Crippen molar-refractivity contribution in [1.29, 1.82) is 0 Å². The molecule has 2 aromatic rings. The number of hydrogen-bond donors (Lipinski definition) is 1. The van der Waals surface area contributed by atoms with Gasteiger partial charge in [-0.15, -0.1) is 11.3 Å². The number of rotatable bonds is 2. The van der Waals surface area contributed by atoms with E-state index in [4.69, 9.17) is 5.73 Å². The molecule has 0 aliphatic heterocycles. The van der Waals surface area contributed by atoms with Gasteiger partial charge in [-0.25, -0.2) is 0 Å². The predicted octanol–water partition coefficient (Wildman–Crippen LogP) is 3.22. The molecule has 1 aliphatic carbocycles. The van der Waals surface area contributed by atoms with Crippen LogP contribution in [0.1, 0.15) is 19.3 Å². The topological polar surface area (TPSA) is 29.3 Å². The Morgan fingerprint density at radius 1 is 1.29 bits per heavy atom. The van der Waals surface area contributed by atoms with Crippen LogP contribution in [-0.2, 0) is 0 Å². The Morgan fingerprint density at radius 2 is 2.12 bits per heavy atom. The molecule has 1 fully saturated rings. The van der Waals surface area contributed by atoms with E-state index in [2.05, 4.69) is 41.6 Å². The molecule has 0 amide bonds. The van der Waals surface area contributed by atoms with Crippen molar-refractivity contribution >= 4 is 27.1 Å². The Hall–Kier alpha value is -1.06. The Bertz CT molecular complexity index is 520. The molecule has 0 spiro atoms. The van der Waals surface area contributed by atoms with Gasteiger partial charge in [-0.2, -0.15) is 0 Å². The monoisotopic (exact) mass is 246 g/mol. The van der Waals surface area contributed by atoms with Crippen LogP contribution in [0.4, 0.5) is 5.69 Å². The lowest BCUT2D eigenvalue weighted by molar-refractivity contribution is 0.574. The average molecular weight is 246 g/mol. The minimum Gasteiger partial charge on any atom is -0.369 e. The third-order valence-corrected chi connectivity index (χ3v) is 4.82. The maximum Gasteiger partial charge on any atom is 0.0555 e. The highest BCUT2D eigenvalue weighted by Crippen LogP contribution is 2.35. The zero-order valence-corrected chi connectivity index (χ0v) is 10.9. The second-order valence-electron chi connectivity index (χ2n) is 4.89. The fraction of sp³-hybridized carbons (Fsp3) is 0.429. The van der Waals surface area contributed by atoms with Gasteiger partial charge in [0.25, 0.3) is 0 Å². The molecule has 1 aromatic carbocycles. The van der Waals surface area contributed by atoms with E-state index < -0.39 is 0 Å². The first kappa shape index (κ1) is 11.1. The lowest BCUT2D eigenvalue weighted by Gasteiger charge is -2.29. The van der Waals surface area contributed by atoms with Crippen LogP contribution in [0.5, 0.6) is 0 Å². The molecule has 2 atom stereocenters. The number of fused-ring (bicyclic) bond motifs is 1. The van der Waals surface area contributed by atoms with Gasteiger partial charge in [0, 0.05) is 34.6 Å². The molecular formula is C14H18N2S. The number of nitrogens with zero attached hydrogens (tertiary/aromatic N) is 1. The molecule has 2 unspecified atom stereocenters. The minimum absolute atomic E-state index is 0.332. The number of thiophene rings is 1. The summed E-state index contributed by atoms with van der Waals surface area (Å²) in [4.78, 5) is 2.39. The normalized spacial score (nSPS) is 24.4. The first-order chi connectivity index (χ1) is 8.27. The van der Waals surface area contributed by atoms with E-state index >= 15 is 0 Å². The van der Waals surface area contributed by atoms with Crippen molar-refractivity contribution in [3.63, 3.8) is 0 Å². The summed E-state index contributed by atoms with van der Waals surface area (Å²) in [7, 11) is 2.18. The Labute approximate surface area is 106 Å². The smallest absolute Gasteiger partial charge is 0.0555 e. The first-order valence-electron chi connectivity index (χ1n) is 6.22. The Morgan fingerprint density at radius 3 is 2.88 bits per heavy atom. The van der Waals surface area contributed by atoms with Crippen LogP contribution in [0.25, 0.3) is 10.1 Å². The molecule has 2 N–H and O–H groups in total. The molecule has 0 saturated heterocycles. The van der Waals surface area contributed by atoms with Gasteiger partial charge < -0.3 is 10.6 Å². The first-order valence-corrected chi connectivity index (χ1v) is 7.10. The van der Waals surface area contributed by atoms with Crippen molar-refractivity contribution in [3.05, 3.63) is 29.6 Å². The minimum atomic E-state index is 0.332. The highest BCUT2D eigenvalue weighted by molar-refractivity contribution is 7.17. The van der Waals surface area contributed by atoms with Crippen molar-refractivity contribution in [2.75, 3.05) is 11.9 Å². The van der Waals surface area contributed by atoms with Gasteiger partial charge in [0.15, 0.2) is 0 Å². The molecule has 0 radical (unpaired) electrons. The summed E-state index contributed by atoms with van der Waals surface area (Å²) < 4.78 is 1.36.